The van der Waals surface area contributed by atoms with Crippen LogP contribution in [0.4, 0.5) is 0 Å². The highest BCUT2D eigenvalue weighted by Gasteiger charge is 2.18. The molecule has 0 aliphatic heterocycles. The van der Waals surface area contributed by atoms with Crippen LogP contribution in [0.25, 0.3) is 0 Å². The maximum Gasteiger partial charge on any atom is 0.331 e. The van der Waals surface area contributed by atoms with Gasteiger partial charge in [0.25, 0.3) is 5.56 Å². The van der Waals surface area contributed by atoms with E-state index in [0.717, 1.165) is 15.8 Å². The van der Waals surface area contributed by atoms with Gasteiger partial charge in [-0.05, 0) is 18.4 Å². The second kappa shape index (κ2) is 8.35. The molecule has 8 heteroatoms. The monoisotopic (exact) mass is 384 g/mol. The summed E-state index contributed by atoms with van der Waals surface area (Å²) >= 11 is 0. The number of aromatic nitrogens is 4. The minimum atomic E-state index is -0.766. The molecule has 0 saturated heterocycles. The van der Waals surface area contributed by atoms with E-state index in [1.54, 1.807) is 7.05 Å². The van der Waals surface area contributed by atoms with Crippen molar-refractivity contribution >= 4 is 0 Å². The molecule has 8 nitrogen and oxygen atoms in total. The number of benzene rings is 1. The highest BCUT2D eigenvalue weighted by Crippen LogP contribution is 2.16. The standard InChI is InChI=1S/C20H24N4O4/c1-4-14-15(5-2)23(3)20(27)24(19(14)26)12-18-21-17(22-28-18)11-16(25)13-9-7-6-8-10-13/h6-10,16,25H,4-5,11-12H2,1-3H3/t16-/m0/s1. The molecule has 2 heterocycles. The van der Waals surface area contributed by atoms with Gasteiger partial charge in [0, 0.05) is 24.7 Å². The maximum atomic E-state index is 12.7. The smallest absolute Gasteiger partial charge is 0.331 e. The summed E-state index contributed by atoms with van der Waals surface area (Å²) in [6, 6.07) is 9.18. The zero-order chi connectivity index (χ0) is 20.3. The van der Waals surface area contributed by atoms with Gasteiger partial charge in [-0.2, -0.15) is 4.98 Å². The summed E-state index contributed by atoms with van der Waals surface area (Å²) in [7, 11) is 1.66. The number of nitrogens with zero attached hydrogens (tertiary/aromatic N) is 4. The molecular formula is C20H24N4O4. The zero-order valence-corrected chi connectivity index (χ0v) is 16.3. The van der Waals surface area contributed by atoms with E-state index in [1.807, 2.05) is 44.2 Å². The van der Waals surface area contributed by atoms with Crippen LogP contribution < -0.4 is 11.2 Å². The van der Waals surface area contributed by atoms with Gasteiger partial charge in [0.15, 0.2) is 5.82 Å². The van der Waals surface area contributed by atoms with Gasteiger partial charge in [-0.1, -0.05) is 49.3 Å². The third kappa shape index (κ3) is 3.82. The van der Waals surface area contributed by atoms with Gasteiger partial charge in [0.05, 0.1) is 6.10 Å². The van der Waals surface area contributed by atoms with Crippen molar-refractivity contribution in [1.29, 1.82) is 0 Å². The molecule has 0 aliphatic rings. The van der Waals surface area contributed by atoms with Crippen LogP contribution in [0.1, 0.15) is 48.5 Å². The highest BCUT2D eigenvalue weighted by molar-refractivity contribution is 5.19. The maximum absolute atomic E-state index is 12.7. The van der Waals surface area contributed by atoms with Crippen LogP contribution in [0.15, 0.2) is 44.4 Å². The first-order valence-electron chi connectivity index (χ1n) is 9.32. The minimum absolute atomic E-state index is 0.100. The van der Waals surface area contributed by atoms with Crippen molar-refractivity contribution in [2.75, 3.05) is 0 Å². The predicted octanol–water partition coefficient (Wildman–Crippen LogP) is 1.38. The molecule has 0 fully saturated rings. The fourth-order valence-corrected chi connectivity index (χ4v) is 3.36. The van der Waals surface area contributed by atoms with Crippen molar-refractivity contribution in [3.8, 4) is 0 Å². The van der Waals surface area contributed by atoms with E-state index in [1.165, 1.54) is 4.57 Å². The van der Waals surface area contributed by atoms with Crippen LogP contribution in [0, 0.1) is 0 Å². The Balaban J connectivity index is 1.85. The normalized spacial score (nSPS) is 12.3. The van der Waals surface area contributed by atoms with E-state index in [0.29, 0.717) is 24.2 Å². The molecule has 1 N–H and O–H groups in total. The number of aliphatic hydroxyl groups is 1. The van der Waals surface area contributed by atoms with E-state index >= 15 is 0 Å². The first-order valence-corrected chi connectivity index (χ1v) is 9.32. The lowest BCUT2D eigenvalue weighted by molar-refractivity contribution is 0.174. The van der Waals surface area contributed by atoms with Crippen LogP contribution in [-0.2, 0) is 32.9 Å². The second-order valence-electron chi connectivity index (χ2n) is 6.60. The molecule has 0 amide bonds. The molecule has 0 unspecified atom stereocenters. The molecule has 0 aliphatic carbocycles. The summed E-state index contributed by atoms with van der Waals surface area (Å²) in [4.78, 5) is 29.6. The largest absolute Gasteiger partial charge is 0.388 e. The summed E-state index contributed by atoms with van der Waals surface area (Å²) in [5, 5.41) is 14.2. The van der Waals surface area contributed by atoms with Gasteiger partial charge in [-0.3, -0.25) is 9.36 Å². The van der Waals surface area contributed by atoms with Gasteiger partial charge in [-0.25, -0.2) is 4.79 Å². The summed E-state index contributed by atoms with van der Waals surface area (Å²) in [5.74, 6) is 0.470. The quantitative estimate of drug-likeness (QED) is 0.660. The molecule has 3 aromatic rings. The fourth-order valence-electron chi connectivity index (χ4n) is 3.36. The lowest BCUT2D eigenvalue weighted by Gasteiger charge is -2.13. The topological polar surface area (TPSA) is 103 Å². The Morgan fingerprint density at radius 3 is 2.50 bits per heavy atom. The highest BCUT2D eigenvalue weighted by atomic mass is 16.5. The number of rotatable bonds is 7. The average Bonchev–Trinajstić information content (AvgIpc) is 3.15. The van der Waals surface area contributed by atoms with Gasteiger partial charge in [-0.15, -0.1) is 0 Å². The van der Waals surface area contributed by atoms with Crippen LogP contribution in [0.3, 0.4) is 0 Å². The molecule has 2 aromatic heterocycles. The summed E-state index contributed by atoms with van der Waals surface area (Å²) in [6.07, 6.45) is 0.550. The molecule has 28 heavy (non-hydrogen) atoms. The van der Waals surface area contributed by atoms with E-state index < -0.39 is 11.8 Å². The van der Waals surface area contributed by atoms with Crippen molar-refractivity contribution in [2.24, 2.45) is 7.05 Å². The van der Waals surface area contributed by atoms with Gasteiger partial charge in [0.1, 0.15) is 6.54 Å². The van der Waals surface area contributed by atoms with Crippen molar-refractivity contribution in [2.45, 2.75) is 45.8 Å². The molecule has 0 radical (unpaired) electrons. The SMILES string of the molecule is CCc1c(CC)n(C)c(=O)n(Cc2nc(C[C@H](O)c3ccccc3)no2)c1=O. The summed E-state index contributed by atoms with van der Waals surface area (Å²) in [5.41, 5.74) is 1.37. The number of aliphatic hydroxyl groups excluding tert-OH is 1. The minimum Gasteiger partial charge on any atom is -0.388 e. The Morgan fingerprint density at radius 1 is 1.14 bits per heavy atom. The van der Waals surface area contributed by atoms with E-state index in [4.69, 9.17) is 4.52 Å². The molecule has 148 valence electrons. The lowest BCUT2D eigenvalue weighted by Crippen LogP contribution is -2.42. The van der Waals surface area contributed by atoms with Gasteiger partial charge >= 0.3 is 5.69 Å². The fraction of sp³-hybridized carbons (Fsp3) is 0.400. The van der Waals surface area contributed by atoms with Crippen LogP contribution in [0.5, 0.6) is 0 Å². The second-order valence-corrected chi connectivity index (χ2v) is 6.60. The van der Waals surface area contributed by atoms with E-state index in [-0.39, 0.29) is 24.4 Å². The zero-order valence-electron chi connectivity index (χ0n) is 16.3. The summed E-state index contributed by atoms with van der Waals surface area (Å²) < 4.78 is 7.82. The Labute approximate surface area is 162 Å². The average molecular weight is 384 g/mol. The summed E-state index contributed by atoms with van der Waals surface area (Å²) in [6.45, 7) is 3.71. The van der Waals surface area contributed by atoms with E-state index in [2.05, 4.69) is 10.1 Å². The van der Waals surface area contributed by atoms with Crippen molar-refractivity contribution in [3.63, 3.8) is 0 Å². The third-order valence-corrected chi connectivity index (χ3v) is 4.83. The van der Waals surface area contributed by atoms with Crippen molar-refractivity contribution in [3.05, 3.63) is 79.7 Å². The Morgan fingerprint density at radius 2 is 1.86 bits per heavy atom. The first kappa shape index (κ1) is 19.8. The molecule has 0 spiro atoms. The first-order chi connectivity index (χ1) is 13.5. The third-order valence-electron chi connectivity index (χ3n) is 4.83. The predicted molar refractivity (Wildman–Crippen MR) is 103 cm³/mol. The lowest BCUT2D eigenvalue weighted by atomic mass is 10.1. The van der Waals surface area contributed by atoms with Crippen LogP contribution in [0.2, 0.25) is 0 Å². The molecule has 0 bridgehead atoms. The Bertz CT molecular complexity index is 1070. The molecule has 1 atom stereocenters. The molecule has 0 saturated carbocycles. The van der Waals surface area contributed by atoms with Gasteiger partial charge < -0.3 is 14.2 Å². The van der Waals surface area contributed by atoms with Crippen LogP contribution in [-0.4, -0.2) is 24.4 Å². The molecule has 1 aromatic carbocycles. The molecular weight excluding hydrogens is 360 g/mol. The van der Waals surface area contributed by atoms with Crippen molar-refractivity contribution in [1.82, 2.24) is 19.3 Å². The van der Waals surface area contributed by atoms with Crippen molar-refractivity contribution < 1.29 is 9.63 Å². The van der Waals surface area contributed by atoms with Gasteiger partial charge in [0.2, 0.25) is 5.89 Å². The van der Waals surface area contributed by atoms with E-state index in [9.17, 15) is 14.7 Å². The number of hydrogen-bond acceptors (Lipinski definition) is 6. The Hall–Kier alpha value is -3.00. The Kier molecular flexibility index (Phi) is 5.89. The van der Waals surface area contributed by atoms with Crippen LogP contribution >= 0.6 is 0 Å². The number of hydrogen-bond donors (Lipinski definition) is 1. The molecule has 3 rings (SSSR count).